The third-order valence-electron chi connectivity index (χ3n) is 4.09. The lowest BCUT2D eigenvalue weighted by Gasteiger charge is -2.18. The highest BCUT2D eigenvalue weighted by Gasteiger charge is 2.32. The van der Waals surface area contributed by atoms with Crippen molar-refractivity contribution < 1.29 is 19.4 Å². The van der Waals surface area contributed by atoms with E-state index in [0.717, 1.165) is 11.3 Å². The minimum absolute atomic E-state index is 0.0991. The molecule has 1 aliphatic heterocycles. The van der Waals surface area contributed by atoms with Gasteiger partial charge in [-0.3, -0.25) is 9.69 Å². The van der Waals surface area contributed by atoms with Gasteiger partial charge in [0.25, 0.3) is 5.91 Å². The average Bonchev–Trinajstić information content (AvgIpc) is 3.04. The molecule has 0 bridgehead atoms. The molecule has 28 heavy (non-hydrogen) atoms. The van der Waals surface area contributed by atoms with Crippen molar-refractivity contribution in [3.63, 3.8) is 0 Å². The summed E-state index contributed by atoms with van der Waals surface area (Å²) in [5.74, 6) is 1.88. The van der Waals surface area contributed by atoms with Crippen molar-refractivity contribution in [2.45, 2.75) is 6.42 Å². The molecule has 0 spiro atoms. The van der Waals surface area contributed by atoms with Gasteiger partial charge in [-0.2, -0.15) is 0 Å². The summed E-state index contributed by atoms with van der Waals surface area (Å²) in [5, 5.41) is 9.65. The van der Waals surface area contributed by atoms with Gasteiger partial charge < -0.3 is 14.6 Å². The molecule has 1 amide bonds. The van der Waals surface area contributed by atoms with E-state index in [9.17, 15) is 4.79 Å². The molecule has 3 rings (SSSR count). The van der Waals surface area contributed by atoms with Gasteiger partial charge in [-0.05, 0) is 42.3 Å². The van der Waals surface area contributed by atoms with Gasteiger partial charge in [0.2, 0.25) is 0 Å². The summed E-state index contributed by atoms with van der Waals surface area (Å²) in [4.78, 5) is 19.2. The summed E-state index contributed by atoms with van der Waals surface area (Å²) in [6, 6.07) is 14.7. The van der Waals surface area contributed by atoms with Crippen molar-refractivity contribution in [2.24, 2.45) is 4.99 Å². The molecule has 2 aromatic rings. The van der Waals surface area contributed by atoms with Gasteiger partial charge in [0.1, 0.15) is 17.2 Å². The molecule has 1 aliphatic rings. The van der Waals surface area contributed by atoms with Gasteiger partial charge in [0, 0.05) is 18.4 Å². The molecule has 1 N–H and O–H groups in total. The predicted molar refractivity (Wildman–Crippen MR) is 113 cm³/mol. The number of hydrogen-bond acceptors (Lipinski definition) is 6. The first kappa shape index (κ1) is 20.0. The van der Waals surface area contributed by atoms with E-state index in [1.807, 2.05) is 42.5 Å². The van der Waals surface area contributed by atoms with Gasteiger partial charge >= 0.3 is 0 Å². The zero-order valence-electron chi connectivity index (χ0n) is 15.8. The fourth-order valence-electron chi connectivity index (χ4n) is 2.66. The molecule has 7 heteroatoms. The van der Waals surface area contributed by atoms with Gasteiger partial charge in [-0.15, -0.1) is 0 Å². The Balaban J connectivity index is 1.93. The first-order chi connectivity index (χ1) is 13.7. The second kappa shape index (κ2) is 9.43. The number of anilines is 1. The Hall–Kier alpha value is -2.77. The number of benzene rings is 2. The van der Waals surface area contributed by atoms with E-state index in [1.54, 1.807) is 31.3 Å². The number of aliphatic hydroxyl groups is 1. The van der Waals surface area contributed by atoms with E-state index >= 15 is 0 Å². The standard InChI is InChI=1S/C21H22N2O4S/c1-26-17-9-7-15(8-10-17)13-19-20(25)23(21(22-19)28-12-4-11-24)16-5-3-6-18(14-16)27-2/h3,5-10,13-14,24H,4,11-12H2,1-2H3/b19-13-. The Morgan fingerprint density at radius 1 is 1.11 bits per heavy atom. The summed E-state index contributed by atoms with van der Waals surface area (Å²) in [5.41, 5.74) is 1.91. The van der Waals surface area contributed by atoms with E-state index in [0.29, 0.717) is 34.5 Å². The normalized spacial score (nSPS) is 15.1. The summed E-state index contributed by atoms with van der Waals surface area (Å²) >= 11 is 1.44. The van der Waals surface area contributed by atoms with Crippen LogP contribution in [0.5, 0.6) is 11.5 Å². The molecule has 0 saturated heterocycles. The van der Waals surface area contributed by atoms with Crippen LogP contribution in [0.4, 0.5) is 5.69 Å². The molecule has 0 fully saturated rings. The highest BCUT2D eigenvalue weighted by molar-refractivity contribution is 8.14. The van der Waals surface area contributed by atoms with Crippen molar-refractivity contribution in [1.29, 1.82) is 0 Å². The maximum atomic E-state index is 13.1. The number of methoxy groups -OCH3 is 2. The van der Waals surface area contributed by atoms with Crippen LogP contribution in [0, 0.1) is 0 Å². The van der Waals surface area contributed by atoms with Crippen molar-refractivity contribution in [3.05, 3.63) is 59.8 Å². The molecule has 0 radical (unpaired) electrons. The SMILES string of the molecule is COc1ccc(/C=C2\N=C(SCCCO)N(c3cccc(OC)c3)C2=O)cc1. The minimum Gasteiger partial charge on any atom is -0.497 e. The number of nitrogens with zero attached hydrogens (tertiary/aromatic N) is 2. The monoisotopic (exact) mass is 398 g/mol. The minimum atomic E-state index is -0.199. The first-order valence-corrected chi connectivity index (χ1v) is 9.81. The van der Waals surface area contributed by atoms with Gasteiger partial charge in [0.15, 0.2) is 5.17 Å². The third kappa shape index (κ3) is 4.55. The van der Waals surface area contributed by atoms with E-state index in [1.165, 1.54) is 11.8 Å². The highest BCUT2D eigenvalue weighted by Crippen LogP contribution is 2.31. The molecule has 146 valence electrons. The van der Waals surface area contributed by atoms with Crippen LogP contribution in [0.15, 0.2) is 59.2 Å². The number of rotatable bonds is 7. The van der Waals surface area contributed by atoms with E-state index in [4.69, 9.17) is 14.6 Å². The molecule has 1 heterocycles. The average molecular weight is 398 g/mol. The maximum absolute atomic E-state index is 13.1. The lowest BCUT2D eigenvalue weighted by atomic mass is 10.2. The summed E-state index contributed by atoms with van der Waals surface area (Å²) in [6.45, 7) is 0.0991. The van der Waals surface area contributed by atoms with Crippen LogP contribution >= 0.6 is 11.8 Å². The number of hydrogen-bond donors (Lipinski definition) is 1. The lowest BCUT2D eigenvalue weighted by molar-refractivity contribution is -0.113. The van der Waals surface area contributed by atoms with Crippen LogP contribution in [-0.2, 0) is 4.79 Å². The van der Waals surface area contributed by atoms with E-state index in [2.05, 4.69) is 4.99 Å². The van der Waals surface area contributed by atoms with Crippen LogP contribution < -0.4 is 14.4 Å². The summed E-state index contributed by atoms with van der Waals surface area (Å²) in [7, 11) is 3.20. The quantitative estimate of drug-likeness (QED) is 0.570. The molecule has 0 atom stereocenters. The largest absolute Gasteiger partial charge is 0.497 e. The molecule has 0 aliphatic carbocycles. The Morgan fingerprint density at radius 2 is 1.86 bits per heavy atom. The van der Waals surface area contributed by atoms with Crippen molar-refractivity contribution in [1.82, 2.24) is 0 Å². The molecule has 0 aromatic heterocycles. The van der Waals surface area contributed by atoms with Crippen LogP contribution in [0.2, 0.25) is 0 Å². The smallest absolute Gasteiger partial charge is 0.283 e. The Labute approximate surface area is 168 Å². The zero-order chi connectivity index (χ0) is 19.9. The lowest BCUT2D eigenvalue weighted by Crippen LogP contribution is -2.30. The van der Waals surface area contributed by atoms with Crippen molar-refractivity contribution in [2.75, 3.05) is 31.5 Å². The topological polar surface area (TPSA) is 71.4 Å². The molecule has 2 aromatic carbocycles. The van der Waals surface area contributed by atoms with Crippen LogP contribution in [0.25, 0.3) is 6.08 Å². The molecule has 6 nitrogen and oxygen atoms in total. The number of thioether (sulfide) groups is 1. The number of aliphatic imine (C=N–C) groups is 1. The number of carbonyl (C=O) groups excluding carboxylic acids is 1. The molecule has 0 unspecified atom stereocenters. The number of carbonyl (C=O) groups is 1. The Bertz CT molecular complexity index is 894. The van der Waals surface area contributed by atoms with E-state index in [-0.39, 0.29) is 12.5 Å². The second-order valence-corrected chi connectivity index (χ2v) is 7.03. The molecular formula is C21H22N2O4S. The summed E-state index contributed by atoms with van der Waals surface area (Å²) in [6.07, 6.45) is 2.38. The number of amidine groups is 1. The van der Waals surface area contributed by atoms with E-state index < -0.39 is 0 Å². The second-order valence-electron chi connectivity index (χ2n) is 5.96. The van der Waals surface area contributed by atoms with Gasteiger partial charge in [-0.25, -0.2) is 4.99 Å². The summed E-state index contributed by atoms with van der Waals surface area (Å²) < 4.78 is 10.5. The Kier molecular flexibility index (Phi) is 6.73. The fourth-order valence-corrected chi connectivity index (χ4v) is 3.59. The number of amides is 1. The predicted octanol–water partition coefficient (Wildman–Crippen LogP) is 3.56. The van der Waals surface area contributed by atoms with Crippen LogP contribution in [0.3, 0.4) is 0 Å². The van der Waals surface area contributed by atoms with Crippen LogP contribution in [-0.4, -0.2) is 42.8 Å². The Morgan fingerprint density at radius 3 is 2.54 bits per heavy atom. The van der Waals surface area contributed by atoms with Gasteiger partial charge in [0.05, 0.1) is 19.9 Å². The van der Waals surface area contributed by atoms with Crippen molar-refractivity contribution in [3.8, 4) is 11.5 Å². The number of ether oxygens (including phenoxy) is 2. The number of aliphatic hydroxyl groups excluding tert-OH is 1. The third-order valence-corrected chi connectivity index (χ3v) is 5.12. The first-order valence-electron chi connectivity index (χ1n) is 8.83. The zero-order valence-corrected chi connectivity index (χ0v) is 16.6. The molecular weight excluding hydrogens is 376 g/mol. The fraction of sp³-hybridized carbons (Fsp3) is 0.238. The highest BCUT2D eigenvalue weighted by atomic mass is 32.2. The molecule has 0 saturated carbocycles. The van der Waals surface area contributed by atoms with Gasteiger partial charge in [-0.1, -0.05) is 30.0 Å². The maximum Gasteiger partial charge on any atom is 0.283 e. The van der Waals surface area contributed by atoms with Crippen molar-refractivity contribution >= 4 is 34.6 Å². The van der Waals surface area contributed by atoms with Crippen LogP contribution in [0.1, 0.15) is 12.0 Å².